The van der Waals surface area contributed by atoms with Crippen LogP contribution < -0.4 is 19.4 Å². The van der Waals surface area contributed by atoms with E-state index in [-0.39, 0.29) is 12.0 Å². The number of benzene rings is 5. The van der Waals surface area contributed by atoms with Crippen molar-refractivity contribution in [1.82, 2.24) is 0 Å². The Labute approximate surface area is 269 Å². The van der Waals surface area contributed by atoms with Crippen LogP contribution >= 0.6 is 11.6 Å². The second-order valence-electron chi connectivity index (χ2n) is 11.6. The van der Waals surface area contributed by atoms with Crippen LogP contribution in [0.1, 0.15) is 12.8 Å². The quantitative estimate of drug-likeness (QED) is 0.225. The Bertz CT molecular complexity index is 1630. The summed E-state index contributed by atoms with van der Waals surface area (Å²) in [7, 11) is 0. The van der Waals surface area contributed by atoms with Gasteiger partial charge in [-0.3, -0.25) is 0 Å². The second-order valence-corrected chi connectivity index (χ2v) is 24.4. The molecular weight excluding hydrogens is 692 g/mol. The van der Waals surface area contributed by atoms with Gasteiger partial charge in [0.05, 0.1) is 0 Å². The van der Waals surface area contributed by atoms with E-state index in [9.17, 15) is 4.79 Å². The van der Waals surface area contributed by atoms with Crippen LogP contribution in [0.25, 0.3) is 0 Å². The second kappa shape index (κ2) is 12.1. The molecule has 5 aromatic carbocycles. The van der Waals surface area contributed by atoms with Crippen LogP contribution in [0.15, 0.2) is 146 Å². The van der Waals surface area contributed by atoms with Gasteiger partial charge in [0.1, 0.15) is 0 Å². The van der Waals surface area contributed by atoms with Crippen LogP contribution in [0.4, 0.5) is 5.69 Å². The monoisotopic (exact) mass is 723 g/mol. The first kappa shape index (κ1) is 29.8. The van der Waals surface area contributed by atoms with Crippen LogP contribution in [-0.4, -0.2) is 41.9 Å². The van der Waals surface area contributed by atoms with E-state index in [1.807, 2.05) is 72.8 Å². The van der Waals surface area contributed by atoms with Crippen molar-refractivity contribution >= 4 is 61.0 Å². The number of nitrogens with one attached hydrogen (secondary N) is 1. The van der Waals surface area contributed by atoms with Crippen LogP contribution in [0.3, 0.4) is 0 Å². The molecule has 7 heteroatoms. The van der Waals surface area contributed by atoms with Crippen molar-refractivity contribution in [2.24, 2.45) is 11.8 Å². The number of halogens is 1. The summed E-state index contributed by atoms with van der Waals surface area (Å²) in [6.07, 6.45) is 0.659. The molecule has 5 aromatic rings. The van der Waals surface area contributed by atoms with E-state index in [1.165, 1.54) is 0 Å². The van der Waals surface area contributed by atoms with Gasteiger partial charge in [-0.05, 0) is 0 Å². The zero-order valence-electron chi connectivity index (χ0n) is 24.5. The summed E-state index contributed by atoms with van der Waals surface area (Å²) in [5.74, 6) is -2.11. The Morgan fingerprint density at radius 3 is 1.42 bits per heavy atom. The molecule has 0 aliphatic carbocycles. The van der Waals surface area contributed by atoms with Gasteiger partial charge in [-0.15, -0.1) is 0 Å². The predicted octanol–water partition coefficient (Wildman–Crippen LogP) is 5.14. The minimum atomic E-state index is -5.49. The standard InChI is InChI=1S/C14H14ClNO4.4C6H5.Sb/c15-7-1-3-8(4-2-7)16-13(17)11-9-5-6-10(20-9)12(11)14(18)19;4*1-2-4-6-5-3-1;/h1-4,9-12H,5-6H2,(H,16,17)(H,18,19);4*1-5H;/q;;;;;+1/p-1/t9-,10+,11-,12+;;;;;/m1...../s1. The van der Waals surface area contributed by atoms with E-state index >= 15 is 4.79 Å². The maximum atomic E-state index is 15.1. The molecule has 7 rings (SSSR count). The number of anilines is 1. The summed E-state index contributed by atoms with van der Waals surface area (Å²) in [5.41, 5.74) is 0.617. The average molecular weight is 725 g/mol. The van der Waals surface area contributed by atoms with E-state index < -0.39 is 41.7 Å². The molecule has 0 spiro atoms. The van der Waals surface area contributed by atoms with Crippen molar-refractivity contribution in [2.75, 3.05) is 5.32 Å². The summed E-state index contributed by atoms with van der Waals surface area (Å²) in [6.45, 7) is 0. The normalized spacial score (nSPS) is 21.4. The molecular formula is C38H33ClNO4Sb. The van der Waals surface area contributed by atoms with E-state index in [0.29, 0.717) is 17.1 Å². The van der Waals surface area contributed by atoms with Gasteiger partial charge in [-0.25, -0.2) is 0 Å². The molecule has 0 unspecified atom stereocenters. The topological polar surface area (TPSA) is 64.6 Å². The van der Waals surface area contributed by atoms with Crippen LogP contribution in [0.2, 0.25) is 5.02 Å². The van der Waals surface area contributed by atoms with Gasteiger partial charge in [0.2, 0.25) is 0 Å². The van der Waals surface area contributed by atoms with E-state index in [0.717, 1.165) is 20.5 Å². The van der Waals surface area contributed by atoms with Gasteiger partial charge in [-0.1, -0.05) is 0 Å². The number of amides is 1. The zero-order valence-corrected chi connectivity index (χ0v) is 27.8. The molecule has 2 aliphatic heterocycles. The van der Waals surface area contributed by atoms with Crippen molar-refractivity contribution in [2.45, 2.75) is 25.0 Å². The number of carbonyl (C=O) groups is 2. The first-order valence-electron chi connectivity index (χ1n) is 15.2. The number of fused-ring (bicyclic) bond motifs is 2. The number of hydrogen-bond acceptors (Lipinski definition) is 4. The van der Waals surface area contributed by atoms with Gasteiger partial charge in [0.25, 0.3) is 0 Å². The zero-order chi connectivity index (χ0) is 30.9. The molecule has 1 N–H and O–H groups in total. The SMILES string of the molecule is O=C([O][Sb]([c]1ccccc1)([c]1ccccc1)([c]1ccccc1)[c]1ccccc1)[C@@H]1[C@H](C(=O)Nc2ccc(Cl)cc2)[C@H]2CC[C@@H]1O2. The fraction of sp³-hybridized carbons (Fsp3) is 0.158. The number of carbonyl (C=O) groups excluding carboxylic acids is 2. The first-order valence-corrected chi connectivity index (χ1v) is 21.7. The van der Waals surface area contributed by atoms with Gasteiger partial charge in [0, 0.05) is 0 Å². The van der Waals surface area contributed by atoms with Crippen molar-refractivity contribution in [3.8, 4) is 0 Å². The summed E-state index contributed by atoms with van der Waals surface area (Å²) in [4.78, 5) is 29.0. The summed E-state index contributed by atoms with van der Waals surface area (Å²) >= 11 is 0.594. The third-order valence-corrected chi connectivity index (χ3v) is 25.7. The average Bonchev–Trinajstić information content (AvgIpc) is 3.73. The maximum absolute atomic E-state index is 15.1. The third kappa shape index (κ3) is 4.89. The molecule has 2 heterocycles. The summed E-state index contributed by atoms with van der Waals surface area (Å²) in [6, 6.07) is 47.6. The number of hydrogen-bond donors (Lipinski definition) is 1. The van der Waals surface area contributed by atoms with E-state index in [1.54, 1.807) is 24.3 Å². The number of ether oxygens (including phenoxy) is 1. The van der Waals surface area contributed by atoms with Crippen molar-refractivity contribution in [3.05, 3.63) is 151 Å². The third-order valence-electron chi connectivity index (χ3n) is 9.23. The van der Waals surface area contributed by atoms with E-state index in [4.69, 9.17) is 19.4 Å². The van der Waals surface area contributed by atoms with Gasteiger partial charge < -0.3 is 0 Å². The number of rotatable bonds is 8. The molecule has 2 fully saturated rings. The van der Waals surface area contributed by atoms with Gasteiger partial charge in [-0.2, -0.15) is 0 Å². The van der Waals surface area contributed by atoms with Crippen molar-refractivity contribution in [1.29, 1.82) is 0 Å². The molecule has 4 atom stereocenters. The van der Waals surface area contributed by atoms with Crippen LogP contribution in [-0.2, 0) is 17.3 Å². The molecule has 45 heavy (non-hydrogen) atoms. The molecule has 2 bridgehead atoms. The Balaban J connectivity index is 1.43. The molecule has 0 radical (unpaired) electrons. The fourth-order valence-electron chi connectivity index (χ4n) is 7.27. The summed E-state index contributed by atoms with van der Waals surface area (Å²) in [5, 5.41) is 3.59. The van der Waals surface area contributed by atoms with Gasteiger partial charge in [0.15, 0.2) is 0 Å². The van der Waals surface area contributed by atoms with Crippen LogP contribution in [0.5, 0.6) is 0 Å². The molecule has 0 aromatic heterocycles. The van der Waals surface area contributed by atoms with Gasteiger partial charge >= 0.3 is 271 Å². The molecule has 226 valence electrons. The molecule has 0 saturated carbocycles. The molecule has 2 saturated heterocycles. The molecule has 2 aliphatic rings. The first-order chi connectivity index (χ1) is 22.0. The summed E-state index contributed by atoms with van der Waals surface area (Å²) < 4.78 is 17.6. The van der Waals surface area contributed by atoms with Crippen molar-refractivity contribution in [3.63, 3.8) is 0 Å². The van der Waals surface area contributed by atoms with Crippen LogP contribution in [0, 0.1) is 11.8 Å². The molecule has 1 amide bonds. The fourth-order valence-corrected chi connectivity index (χ4v) is 23.5. The Kier molecular flexibility index (Phi) is 8.03. The Hall–Kier alpha value is -3.89. The minimum absolute atomic E-state index is 0.251. The van der Waals surface area contributed by atoms with Crippen molar-refractivity contribution < 1.29 is 17.3 Å². The Morgan fingerprint density at radius 1 is 0.600 bits per heavy atom. The Morgan fingerprint density at radius 2 is 1.00 bits per heavy atom. The molecule has 5 nitrogen and oxygen atoms in total. The van der Waals surface area contributed by atoms with E-state index in [2.05, 4.69) is 53.8 Å². The predicted molar refractivity (Wildman–Crippen MR) is 181 cm³/mol.